The molecule has 2 saturated heterocycles. The number of carboxylic acids is 1. The minimum Gasteiger partial charge on any atom is -0.481 e. The maximum absolute atomic E-state index is 13.5. The van der Waals surface area contributed by atoms with Crippen molar-refractivity contribution in [3.05, 3.63) is 75.3 Å². The van der Waals surface area contributed by atoms with Crippen LogP contribution in [0.4, 0.5) is 15.9 Å². The predicted octanol–water partition coefficient (Wildman–Crippen LogP) is 2.84. The highest BCUT2D eigenvalue weighted by Gasteiger charge is 2.33. The van der Waals surface area contributed by atoms with Crippen molar-refractivity contribution in [2.45, 2.75) is 6.42 Å². The van der Waals surface area contributed by atoms with Crippen molar-refractivity contribution in [2.75, 3.05) is 42.5 Å². The van der Waals surface area contributed by atoms with Gasteiger partial charge in [-0.15, -0.1) is 0 Å². The fraction of sp³-hybridized carbons (Fsp3) is 0.240. The molecule has 4 heterocycles. The zero-order valence-corrected chi connectivity index (χ0v) is 21.2. The average molecular weight is 540 g/mol. The van der Waals surface area contributed by atoms with Crippen molar-refractivity contribution in [1.82, 2.24) is 14.3 Å². The van der Waals surface area contributed by atoms with Crippen molar-refractivity contribution in [1.29, 1.82) is 0 Å². The normalized spacial score (nSPS) is 17.3. The molecule has 0 unspecified atom stereocenters. The molecule has 37 heavy (non-hydrogen) atoms. The molecule has 0 atom stereocenters. The number of hydrogen-bond donors (Lipinski definition) is 1. The number of piperazine rings is 1. The van der Waals surface area contributed by atoms with Gasteiger partial charge in [-0.3, -0.25) is 23.7 Å². The summed E-state index contributed by atoms with van der Waals surface area (Å²) in [5.74, 6) is -1.29. The largest absolute Gasteiger partial charge is 0.481 e. The molecule has 0 spiro atoms. The Labute approximate surface area is 220 Å². The smallest absolute Gasteiger partial charge is 0.305 e. The van der Waals surface area contributed by atoms with Gasteiger partial charge in [-0.25, -0.2) is 9.37 Å². The molecule has 0 bridgehead atoms. The van der Waals surface area contributed by atoms with Gasteiger partial charge >= 0.3 is 5.97 Å². The van der Waals surface area contributed by atoms with Gasteiger partial charge in [0, 0.05) is 44.6 Å². The van der Waals surface area contributed by atoms with E-state index in [9.17, 15) is 18.8 Å². The van der Waals surface area contributed by atoms with Crippen LogP contribution in [0.25, 0.3) is 11.7 Å². The first-order chi connectivity index (χ1) is 17.8. The highest BCUT2D eigenvalue weighted by Crippen LogP contribution is 2.34. The van der Waals surface area contributed by atoms with Gasteiger partial charge in [-0.1, -0.05) is 30.0 Å². The van der Waals surface area contributed by atoms with E-state index in [0.29, 0.717) is 37.6 Å². The summed E-state index contributed by atoms with van der Waals surface area (Å²) in [6.07, 6.45) is 2.90. The van der Waals surface area contributed by atoms with E-state index in [1.54, 1.807) is 36.5 Å². The van der Waals surface area contributed by atoms with Crippen LogP contribution < -0.4 is 15.4 Å². The number of thioether (sulfide) groups is 1. The molecule has 5 rings (SSSR count). The topological polar surface area (TPSA) is 98.5 Å². The van der Waals surface area contributed by atoms with Gasteiger partial charge in [-0.05, 0) is 42.5 Å². The number of carbonyl (C=O) groups is 2. The number of aromatic nitrogens is 2. The lowest BCUT2D eigenvalue weighted by Crippen LogP contribution is -2.47. The summed E-state index contributed by atoms with van der Waals surface area (Å²) in [7, 11) is 0. The summed E-state index contributed by atoms with van der Waals surface area (Å²) in [6, 6.07) is 11.6. The number of benzene rings is 1. The molecule has 1 aromatic carbocycles. The molecule has 1 amide bonds. The van der Waals surface area contributed by atoms with Crippen molar-refractivity contribution in [3.8, 4) is 0 Å². The molecule has 2 fully saturated rings. The molecule has 2 aliphatic rings. The molecule has 190 valence electrons. The summed E-state index contributed by atoms with van der Waals surface area (Å²) in [6.45, 7) is 2.36. The lowest BCUT2D eigenvalue weighted by atomic mass is 10.2. The number of anilines is 2. The Morgan fingerprint density at radius 2 is 1.78 bits per heavy atom. The molecule has 0 radical (unpaired) electrons. The summed E-state index contributed by atoms with van der Waals surface area (Å²) in [5.41, 5.74) is 1.34. The summed E-state index contributed by atoms with van der Waals surface area (Å²) < 4.78 is 15.0. The highest BCUT2D eigenvalue weighted by atomic mass is 32.2. The zero-order chi connectivity index (χ0) is 26.1. The van der Waals surface area contributed by atoms with Crippen LogP contribution in [0.3, 0.4) is 0 Å². The number of carbonyl (C=O) groups excluding carboxylic acids is 1. The molecule has 12 heteroatoms. The second kappa shape index (κ2) is 10.3. The number of carboxylic acid groups (broad SMARTS) is 1. The van der Waals surface area contributed by atoms with Crippen molar-refractivity contribution in [2.24, 2.45) is 0 Å². The van der Waals surface area contributed by atoms with E-state index < -0.39 is 11.9 Å². The highest BCUT2D eigenvalue weighted by molar-refractivity contribution is 8.26. The number of thiocarbonyl (C=S) groups is 1. The fourth-order valence-corrected chi connectivity index (χ4v) is 5.61. The molecule has 2 aliphatic heterocycles. The van der Waals surface area contributed by atoms with Gasteiger partial charge in [0.15, 0.2) is 0 Å². The first-order valence-electron chi connectivity index (χ1n) is 11.6. The lowest BCUT2D eigenvalue weighted by Gasteiger charge is -2.37. The SMILES string of the molecule is O=C(O)CCN1C(=O)/C(=C\c2c(N3CCN(c4ccc(F)cc4)CC3)nc3ccccn3c2=O)SC1=S. The van der Waals surface area contributed by atoms with E-state index >= 15 is 0 Å². The Balaban J connectivity index is 1.48. The van der Waals surface area contributed by atoms with Gasteiger partial charge in [0.2, 0.25) is 0 Å². The van der Waals surface area contributed by atoms with Gasteiger partial charge < -0.3 is 14.9 Å². The van der Waals surface area contributed by atoms with Crippen LogP contribution in [0.1, 0.15) is 12.0 Å². The van der Waals surface area contributed by atoms with E-state index in [2.05, 4.69) is 4.90 Å². The molecule has 0 aliphatic carbocycles. The summed E-state index contributed by atoms with van der Waals surface area (Å²) in [5, 5.41) is 8.99. The average Bonchev–Trinajstić information content (AvgIpc) is 3.16. The number of nitrogens with zero attached hydrogens (tertiary/aromatic N) is 5. The predicted molar refractivity (Wildman–Crippen MR) is 144 cm³/mol. The maximum Gasteiger partial charge on any atom is 0.305 e. The van der Waals surface area contributed by atoms with Crippen molar-refractivity contribution in [3.63, 3.8) is 0 Å². The molecular formula is C25H22FN5O4S2. The van der Waals surface area contributed by atoms with E-state index in [1.807, 2.05) is 4.90 Å². The molecule has 3 aromatic rings. The minimum absolute atomic E-state index is 0.0372. The third-order valence-electron chi connectivity index (χ3n) is 6.22. The number of pyridine rings is 1. The minimum atomic E-state index is -1.03. The second-order valence-electron chi connectivity index (χ2n) is 8.51. The van der Waals surface area contributed by atoms with Gasteiger partial charge in [0.05, 0.1) is 16.9 Å². The first kappa shape index (κ1) is 24.9. The van der Waals surface area contributed by atoms with Crippen LogP contribution in [0, 0.1) is 5.82 Å². The third kappa shape index (κ3) is 5.07. The third-order valence-corrected chi connectivity index (χ3v) is 7.60. The number of amides is 1. The Morgan fingerprint density at radius 1 is 1.08 bits per heavy atom. The Morgan fingerprint density at radius 3 is 2.49 bits per heavy atom. The Kier molecular flexibility index (Phi) is 6.94. The number of halogens is 1. The van der Waals surface area contributed by atoms with Crippen LogP contribution in [0.2, 0.25) is 0 Å². The van der Waals surface area contributed by atoms with Crippen LogP contribution in [-0.2, 0) is 9.59 Å². The Bertz CT molecular complexity index is 1480. The van der Waals surface area contributed by atoms with E-state index in [0.717, 1.165) is 17.4 Å². The van der Waals surface area contributed by atoms with Crippen LogP contribution in [0.5, 0.6) is 0 Å². The first-order valence-corrected chi connectivity index (χ1v) is 12.8. The monoisotopic (exact) mass is 539 g/mol. The summed E-state index contributed by atoms with van der Waals surface area (Å²) in [4.78, 5) is 47.9. The number of rotatable bonds is 6. The molecule has 1 N–H and O–H groups in total. The van der Waals surface area contributed by atoms with Crippen molar-refractivity contribution >= 4 is 63.4 Å². The summed E-state index contributed by atoms with van der Waals surface area (Å²) >= 11 is 6.33. The number of hydrogen-bond acceptors (Lipinski definition) is 8. The van der Waals surface area contributed by atoms with E-state index in [-0.39, 0.29) is 39.1 Å². The van der Waals surface area contributed by atoms with Crippen LogP contribution in [-0.4, -0.2) is 68.3 Å². The van der Waals surface area contributed by atoms with Crippen LogP contribution in [0.15, 0.2) is 58.4 Å². The van der Waals surface area contributed by atoms with E-state index in [4.69, 9.17) is 22.3 Å². The molecule has 2 aromatic heterocycles. The zero-order valence-electron chi connectivity index (χ0n) is 19.5. The number of aliphatic carboxylic acids is 1. The lowest BCUT2D eigenvalue weighted by molar-refractivity contribution is -0.137. The quantitative estimate of drug-likeness (QED) is 0.375. The molecule has 0 saturated carbocycles. The van der Waals surface area contributed by atoms with Gasteiger partial charge in [0.1, 0.15) is 21.6 Å². The van der Waals surface area contributed by atoms with Gasteiger partial charge in [-0.2, -0.15) is 0 Å². The van der Waals surface area contributed by atoms with Crippen molar-refractivity contribution < 1.29 is 19.1 Å². The second-order valence-corrected chi connectivity index (χ2v) is 10.2. The maximum atomic E-state index is 13.5. The van der Waals surface area contributed by atoms with Gasteiger partial charge in [0.25, 0.3) is 11.5 Å². The fourth-order valence-electron chi connectivity index (χ4n) is 4.32. The molecule has 9 nitrogen and oxygen atoms in total. The number of fused-ring (bicyclic) bond motifs is 1. The molecular weight excluding hydrogens is 517 g/mol. The Hall–Kier alpha value is -3.77. The van der Waals surface area contributed by atoms with Crippen LogP contribution >= 0.6 is 24.0 Å². The standard InChI is InChI=1S/C25H22FN5O4S2/c26-16-4-6-17(7-5-16)28-11-13-29(14-12-28)22-18(23(34)30-9-2-1-3-20(30)27-22)15-19-24(35)31(25(36)37-19)10-8-21(32)33/h1-7,9,15H,8,10-14H2,(H,32,33)/b19-15+. The van der Waals surface area contributed by atoms with E-state index in [1.165, 1.54) is 27.5 Å².